The Kier molecular flexibility index (Phi) is 8.20. The Morgan fingerprint density at radius 1 is 0.972 bits per heavy atom. The molecule has 0 radical (unpaired) electrons. The zero-order valence-electron chi connectivity index (χ0n) is 18.8. The molecule has 1 fully saturated rings. The van der Waals surface area contributed by atoms with E-state index in [-0.39, 0.29) is 12.2 Å². The molecule has 1 aliphatic rings. The van der Waals surface area contributed by atoms with Gasteiger partial charge in [-0.3, -0.25) is 14.9 Å². The molecule has 0 bridgehead atoms. The molecule has 0 aromatic heterocycles. The Balaban J connectivity index is 1.60. The molecule has 1 saturated heterocycles. The molecule has 0 atom stereocenters. The zero-order valence-corrected chi connectivity index (χ0v) is 23.5. The maximum absolute atomic E-state index is 13.2. The topological polar surface area (TPSA) is 75.7 Å². The van der Waals surface area contributed by atoms with Crippen LogP contribution in [-0.4, -0.2) is 17.8 Å². The SMILES string of the molecule is CCc1ccc(N2C(=O)NC(=O)/C(=C/c3cc(Br)c(OCc4ccc(Cl)cc4Cl)c(Br)c3)C2=O)cc1. The molecular formula is C26H18Br2Cl2N2O4. The highest BCUT2D eigenvalue weighted by Gasteiger charge is 2.36. The molecule has 184 valence electrons. The fraction of sp³-hybridized carbons (Fsp3) is 0.115. The van der Waals surface area contributed by atoms with Crippen LogP contribution in [0.5, 0.6) is 5.75 Å². The van der Waals surface area contributed by atoms with Crippen molar-refractivity contribution in [2.24, 2.45) is 0 Å². The molecule has 3 aromatic carbocycles. The van der Waals surface area contributed by atoms with Crippen LogP contribution in [0, 0.1) is 0 Å². The molecule has 1 aliphatic heterocycles. The molecule has 4 amide bonds. The molecular weight excluding hydrogens is 635 g/mol. The summed E-state index contributed by atoms with van der Waals surface area (Å²) >= 11 is 19.1. The predicted molar refractivity (Wildman–Crippen MR) is 147 cm³/mol. The number of ether oxygens (including phenoxy) is 1. The first-order chi connectivity index (χ1) is 17.2. The highest BCUT2D eigenvalue weighted by molar-refractivity contribution is 9.11. The molecule has 4 rings (SSSR count). The molecule has 1 N–H and O–H groups in total. The van der Waals surface area contributed by atoms with E-state index < -0.39 is 17.8 Å². The van der Waals surface area contributed by atoms with Crippen LogP contribution in [0.4, 0.5) is 10.5 Å². The lowest BCUT2D eigenvalue weighted by atomic mass is 10.1. The van der Waals surface area contributed by atoms with Gasteiger partial charge in [0.2, 0.25) is 0 Å². The Morgan fingerprint density at radius 2 is 1.64 bits per heavy atom. The normalized spacial score (nSPS) is 14.9. The first kappa shape index (κ1) is 26.4. The fourth-order valence-electron chi connectivity index (χ4n) is 3.53. The zero-order chi connectivity index (χ0) is 26.0. The second-order valence-corrected chi connectivity index (χ2v) is 10.4. The minimum Gasteiger partial charge on any atom is -0.486 e. The van der Waals surface area contributed by atoms with E-state index in [9.17, 15) is 14.4 Å². The summed E-state index contributed by atoms with van der Waals surface area (Å²) in [4.78, 5) is 39.1. The minimum atomic E-state index is -0.793. The molecule has 3 aromatic rings. The van der Waals surface area contributed by atoms with E-state index in [0.717, 1.165) is 22.4 Å². The number of rotatable bonds is 6. The van der Waals surface area contributed by atoms with Crippen LogP contribution in [-0.2, 0) is 22.6 Å². The number of amides is 4. The number of anilines is 1. The maximum atomic E-state index is 13.2. The number of barbiturate groups is 1. The van der Waals surface area contributed by atoms with Crippen molar-refractivity contribution in [1.29, 1.82) is 0 Å². The van der Waals surface area contributed by atoms with Crippen molar-refractivity contribution < 1.29 is 19.1 Å². The summed E-state index contributed by atoms with van der Waals surface area (Å²) < 4.78 is 7.10. The number of urea groups is 1. The van der Waals surface area contributed by atoms with Crippen LogP contribution in [0.25, 0.3) is 6.08 Å². The third-order valence-electron chi connectivity index (χ3n) is 5.42. The van der Waals surface area contributed by atoms with Gasteiger partial charge in [-0.15, -0.1) is 0 Å². The standard InChI is InChI=1S/C26H18Br2Cl2N2O4/c1-2-14-3-7-18(8-4-14)32-25(34)19(24(33)31-26(32)35)9-15-10-20(27)23(21(28)11-15)36-13-16-5-6-17(29)12-22(16)30/h3-12H,2,13H2,1H3,(H,31,33,35)/b19-9-. The quantitative estimate of drug-likeness (QED) is 0.224. The van der Waals surface area contributed by atoms with Gasteiger partial charge >= 0.3 is 6.03 Å². The molecule has 36 heavy (non-hydrogen) atoms. The molecule has 0 aliphatic carbocycles. The first-order valence-corrected chi connectivity index (χ1v) is 13.1. The highest BCUT2D eigenvalue weighted by Crippen LogP contribution is 2.37. The van der Waals surface area contributed by atoms with Crippen molar-refractivity contribution in [3.8, 4) is 5.75 Å². The lowest BCUT2D eigenvalue weighted by Crippen LogP contribution is -2.54. The van der Waals surface area contributed by atoms with Crippen LogP contribution in [0.2, 0.25) is 10.0 Å². The Hall–Kier alpha value is -2.65. The van der Waals surface area contributed by atoms with E-state index in [1.54, 1.807) is 42.5 Å². The monoisotopic (exact) mass is 650 g/mol. The second kappa shape index (κ2) is 11.2. The summed E-state index contributed by atoms with van der Waals surface area (Å²) in [5.74, 6) is -0.968. The van der Waals surface area contributed by atoms with Crippen molar-refractivity contribution in [2.45, 2.75) is 20.0 Å². The number of halogens is 4. The summed E-state index contributed by atoms with van der Waals surface area (Å²) in [7, 11) is 0. The van der Waals surface area contributed by atoms with Gasteiger partial charge < -0.3 is 4.74 Å². The van der Waals surface area contributed by atoms with Crippen molar-refractivity contribution in [2.75, 3.05) is 4.90 Å². The molecule has 6 nitrogen and oxygen atoms in total. The van der Waals surface area contributed by atoms with Crippen molar-refractivity contribution in [1.82, 2.24) is 5.32 Å². The summed E-state index contributed by atoms with van der Waals surface area (Å²) in [6.45, 7) is 2.20. The summed E-state index contributed by atoms with van der Waals surface area (Å²) in [6, 6.07) is 14.8. The van der Waals surface area contributed by atoms with Crippen molar-refractivity contribution in [3.05, 3.63) is 95.9 Å². The Bertz CT molecular complexity index is 1380. The number of carbonyl (C=O) groups is 3. The summed E-state index contributed by atoms with van der Waals surface area (Å²) in [5, 5.41) is 3.25. The van der Waals surface area contributed by atoms with Gasteiger partial charge in [-0.1, -0.05) is 48.3 Å². The molecule has 1 heterocycles. The number of hydrogen-bond donors (Lipinski definition) is 1. The van der Waals surface area contributed by atoms with Gasteiger partial charge in [0.05, 0.1) is 14.6 Å². The van der Waals surface area contributed by atoms with Gasteiger partial charge in [-0.2, -0.15) is 0 Å². The Labute approximate surface area is 234 Å². The lowest BCUT2D eigenvalue weighted by molar-refractivity contribution is -0.122. The minimum absolute atomic E-state index is 0.172. The average molecular weight is 653 g/mol. The van der Waals surface area contributed by atoms with Gasteiger partial charge in [0.1, 0.15) is 17.9 Å². The van der Waals surface area contributed by atoms with E-state index >= 15 is 0 Å². The van der Waals surface area contributed by atoms with E-state index in [2.05, 4.69) is 37.2 Å². The van der Waals surface area contributed by atoms with Crippen LogP contribution in [0.3, 0.4) is 0 Å². The number of carbonyl (C=O) groups excluding carboxylic acids is 3. The highest BCUT2D eigenvalue weighted by atomic mass is 79.9. The number of benzene rings is 3. The van der Waals surface area contributed by atoms with Crippen LogP contribution in [0.1, 0.15) is 23.6 Å². The smallest absolute Gasteiger partial charge is 0.335 e. The Morgan fingerprint density at radius 3 is 2.25 bits per heavy atom. The third-order valence-corrected chi connectivity index (χ3v) is 7.19. The fourth-order valence-corrected chi connectivity index (χ4v) is 5.44. The number of nitrogens with zero attached hydrogens (tertiary/aromatic N) is 1. The van der Waals surface area contributed by atoms with Crippen LogP contribution >= 0.6 is 55.1 Å². The van der Waals surface area contributed by atoms with Gasteiger partial charge in [0.25, 0.3) is 11.8 Å². The molecule has 0 saturated carbocycles. The van der Waals surface area contributed by atoms with Crippen molar-refractivity contribution in [3.63, 3.8) is 0 Å². The number of imide groups is 2. The predicted octanol–water partition coefficient (Wildman–Crippen LogP) is 7.33. The van der Waals surface area contributed by atoms with Crippen molar-refractivity contribution >= 4 is 84.7 Å². The van der Waals surface area contributed by atoms with Gasteiger partial charge in [-0.25, -0.2) is 9.69 Å². The number of nitrogens with one attached hydrogen (secondary N) is 1. The maximum Gasteiger partial charge on any atom is 0.335 e. The second-order valence-electron chi connectivity index (χ2n) is 7.82. The van der Waals surface area contributed by atoms with Crippen LogP contribution < -0.4 is 15.0 Å². The lowest BCUT2D eigenvalue weighted by Gasteiger charge is -2.26. The van der Waals surface area contributed by atoms with Crippen LogP contribution in [0.15, 0.2) is 69.1 Å². The van der Waals surface area contributed by atoms with E-state index in [0.29, 0.717) is 36.0 Å². The molecule has 0 unspecified atom stereocenters. The van der Waals surface area contributed by atoms with E-state index in [1.165, 1.54) is 6.08 Å². The van der Waals surface area contributed by atoms with Gasteiger partial charge in [0, 0.05) is 15.6 Å². The van der Waals surface area contributed by atoms with E-state index in [4.69, 9.17) is 27.9 Å². The van der Waals surface area contributed by atoms with Gasteiger partial charge in [0.15, 0.2) is 0 Å². The number of aryl methyl sites for hydroxylation is 1. The summed E-state index contributed by atoms with van der Waals surface area (Å²) in [5.41, 5.74) is 2.56. The average Bonchev–Trinajstić information content (AvgIpc) is 2.82. The van der Waals surface area contributed by atoms with Gasteiger partial charge in [-0.05, 0) is 91.9 Å². The molecule has 10 heteroatoms. The molecule has 0 spiro atoms. The van der Waals surface area contributed by atoms with E-state index in [1.807, 2.05) is 19.1 Å². The third kappa shape index (κ3) is 5.67. The number of hydrogen-bond acceptors (Lipinski definition) is 4. The largest absolute Gasteiger partial charge is 0.486 e. The summed E-state index contributed by atoms with van der Waals surface area (Å²) in [6.07, 6.45) is 2.24. The first-order valence-electron chi connectivity index (χ1n) is 10.7.